The molecule has 0 saturated carbocycles. The van der Waals surface area contributed by atoms with E-state index < -0.39 is 0 Å². The third kappa shape index (κ3) is 2.14. The number of H-pyrrole nitrogens is 1. The number of nitrogens with two attached hydrogens (primary N) is 1. The minimum atomic E-state index is 0.430. The second-order valence-electron chi connectivity index (χ2n) is 3.77. The van der Waals surface area contributed by atoms with Crippen LogP contribution in [0, 0.1) is 0 Å². The number of thioether (sulfide) groups is 1. The van der Waals surface area contributed by atoms with E-state index in [9.17, 15) is 0 Å². The lowest BCUT2D eigenvalue weighted by Crippen LogP contribution is -1.91. The second kappa shape index (κ2) is 4.66. The fourth-order valence-corrected chi connectivity index (χ4v) is 2.44. The Balaban J connectivity index is 1.81. The van der Waals surface area contributed by atoms with Gasteiger partial charge in [0, 0.05) is 5.75 Å². The van der Waals surface area contributed by atoms with Crippen LogP contribution in [0.3, 0.4) is 0 Å². The summed E-state index contributed by atoms with van der Waals surface area (Å²) in [5, 5.41) is 0.807. The summed E-state index contributed by atoms with van der Waals surface area (Å²) in [6.07, 6.45) is 1.42. The van der Waals surface area contributed by atoms with Crippen molar-refractivity contribution in [1.29, 1.82) is 0 Å². The molecule has 0 radical (unpaired) electrons. The third-order valence-electron chi connectivity index (χ3n) is 2.51. The molecule has 18 heavy (non-hydrogen) atoms. The molecule has 1 aromatic carbocycles. The van der Waals surface area contributed by atoms with Crippen LogP contribution in [0.2, 0.25) is 0 Å². The molecule has 0 unspecified atom stereocenters. The number of hydrogen-bond acceptors (Lipinski definition) is 5. The van der Waals surface area contributed by atoms with E-state index in [1.165, 1.54) is 11.9 Å². The molecule has 0 bridgehead atoms. The number of fused-ring (bicyclic) bond motifs is 1. The molecule has 2 heterocycles. The van der Waals surface area contributed by atoms with Crippen molar-refractivity contribution in [3.05, 3.63) is 42.2 Å². The van der Waals surface area contributed by atoms with Crippen LogP contribution in [0.1, 0.15) is 5.56 Å². The predicted molar refractivity (Wildman–Crippen MR) is 72.1 cm³/mol. The number of hydrogen-bond donors (Lipinski definition) is 2. The predicted octanol–water partition coefficient (Wildman–Crippen LogP) is 2.23. The highest BCUT2D eigenvalue weighted by atomic mass is 32.2. The van der Waals surface area contributed by atoms with Crippen LogP contribution in [-0.4, -0.2) is 19.9 Å². The lowest BCUT2D eigenvalue weighted by Gasteiger charge is -1.97. The van der Waals surface area contributed by atoms with Gasteiger partial charge < -0.3 is 10.7 Å². The highest BCUT2D eigenvalue weighted by Crippen LogP contribution is 2.23. The van der Waals surface area contributed by atoms with Gasteiger partial charge in [0.25, 0.3) is 0 Å². The average molecular weight is 257 g/mol. The van der Waals surface area contributed by atoms with Crippen molar-refractivity contribution in [3.8, 4) is 0 Å². The quantitative estimate of drug-likeness (QED) is 0.703. The van der Waals surface area contributed by atoms with Gasteiger partial charge in [-0.3, -0.25) is 0 Å². The first-order chi connectivity index (χ1) is 8.83. The van der Waals surface area contributed by atoms with Crippen molar-refractivity contribution >= 4 is 28.7 Å². The molecule has 0 amide bonds. The van der Waals surface area contributed by atoms with Crippen molar-refractivity contribution in [2.45, 2.75) is 10.9 Å². The van der Waals surface area contributed by atoms with E-state index in [-0.39, 0.29) is 0 Å². The first-order valence-corrected chi connectivity index (χ1v) is 6.44. The van der Waals surface area contributed by atoms with Crippen LogP contribution in [0.15, 0.2) is 41.8 Å². The highest BCUT2D eigenvalue weighted by molar-refractivity contribution is 7.98. The number of rotatable bonds is 3. The van der Waals surface area contributed by atoms with Gasteiger partial charge in [0.15, 0.2) is 16.6 Å². The van der Waals surface area contributed by atoms with Gasteiger partial charge in [0.1, 0.15) is 11.8 Å². The Morgan fingerprint density at radius 1 is 1.17 bits per heavy atom. The molecule has 3 aromatic rings. The maximum absolute atomic E-state index is 5.75. The van der Waals surface area contributed by atoms with Crippen molar-refractivity contribution in [3.63, 3.8) is 0 Å². The van der Waals surface area contributed by atoms with Crippen molar-refractivity contribution in [2.24, 2.45) is 0 Å². The maximum atomic E-state index is 5.75. The Hall–Kier alpha value is -2.08. The smallest absolute Gasteiger partial charge is 0.183 e. The van der Waals surface area contributed by atoms with Crippen molar-refractivity contribution in [1.82, 2.24) is 19.9 Å². The molecule has 6 heteroatoms. The lowest BCUT2D eigenvalue weighted by molar-refractivity contribution is 1.07. The summed E-state index contributed by atoms with van der Waals surface area (Å²) in [5.41, 5.74) is 8.31. The van der Waals surface area contributed by atoms with Crippen LogP contribution >= 0.6 is 11.8 Å². The van der Waals surface area contributed by atoms with Gasteiger partial charge in [-0.05, 0) is 5.56 Å². The Kier molecular flexibility index (Phi) is 2.85. The van der Waals surface area contributed by atoms with Gasteiger partial charge in [-0.15, -0.1) is 0 Å². The largest absolute Gasteiger partial charge is 0.382 e. The van der Waals surface area contributed by atoms with Crippen LogP contribution in [0.5, 0.6) is 0 Å². The van der Waals surface area contributed by atoms with Crippen LogP contribution in [-0.2, 0) is 5.75 Å². The number of benzene rings is 1. The average Bonchev–Trinajstić information content (AvgIpc) is 2.82. The summed E-state index contributed by atoms with van der Waals surface area (Å²) in [6.45, 7) is 0. The number of nitrogens with zero attached hydrogens (tertiary/aromatic N) is 3. The SMILES string of the molecule is Nc1ncnc2nc(SCc3ccccc3)[nH]c12. The van der Waals surface area contributed by atoms with Crippen LogP contribution in [0.4, 0.5) is 5.82 Å². The molecule has 0 fully saturated rings. The Bertz CT molecular complexity index is 665. The summed E-state index contributed by atoms with van der Waals surface area (Å²) < 4.78 is 0. The van der Waals surface area contributed by atoms with Gasteiger partial charge >= 0.3 is 0 Å². The molecule has 3 N–H and O–H groups in total. The zero-order valence-corrected chi connectivity index (χ0v) is 10.3. The molecule has 0 aliphatic heterocycles. The Morgan fingerprint density at radius 3 is 2.78 bits per heavy atom. The van der Waals surface area contributed by atoms with E-state index in [2.05, 4.69) is 32.1 Å². The third-order valence-corrected chi connectivity index (χ3v) is 3.46. The normalized spacial score (nSPS) is 10.9. The van der Waals surface area contributed by atoms with Crippen molar-refractivity contribution < 1.29 is 0 Å². The highest BCUT2D eigenvalue weighted by Gasteiger charge is 2.07. The molecule has 5 nitrogen and oxygen atoms in total. The summed E-state index contributed by atoms with van der Waals surface area (Å²) in [4.78, 5) is 15.5. The molecule has 2 aromatic heterocycles. The van der Waals surface area contributed by atoms with E-state index >= 15 is 0 Å². The number of anilines is 1. The number of imidazole rings is 1. The molecular weight excluding hydrogens is 246 g/mol. The zero-order chi connectivity index (χ0) is 12.4. The Morgan fingerprint density at radius 2 is 2.00 bits per heavy atom. The molecule has 0 spiro atoms. The fraction of sp³-hybridized carbons (Fsp3) is 0.0833. The van der Waals surface area contributed by atoms with Gasteiger partial charge in [0.2, 0.25) is 0 Å². The molecule has 0 atom stereocenters. The Labute approximate surface area is 108 Å². The second-order valence-corrected chi connectivity index (χ2v) is 4.74. The lowest BCUT2D eigenvalue weighted by atomic mass is 10.2. The fourth-order valence-electron chi connectivity index (χ4n) is 1.62. The first kappa shape index (κ1) is 11.0. The van der Waals surface area contributed by atoms with Crippen LogP contribution in [0.25, 0.3) is 11.2 Å². The van der Waals surface area contributed by atoms with E-state index in [0.29, 0.717) is 17.0 Å². The van der Waals surface area contributed by atoms with Crippen LogP contribution < -0.4 is 5.73 Å². The topological polar surface area (TPSA) is 80.5 Å². The van der Waals surface area contributed by atoms with Gasteiger partial charge in [-0.1, -0.05) is 42.1 Å². The number of aromatic nitrogens is 4. The molecule has 0 saturated heterocycles. The monoisotopic (exact) mass is 257 g/mol. The standard InChI is InChI=1S/C12H11N5S/c13-10-9-11(15-7-14-10)17-12(16-9)18-6-8-4-2-1-3-5-8/h1-5,7H,6H2,(H3,13,14,15,16,17). The summed E-state index contributed by atoms with van der Waals surface area (Å²) in [5.74, 6) is 1.28. The maximum Gasteiger partial charge on any atom is 0.183 e. The summed E-state index contributed by atoms with van der Waals surface area (Å²) >= 11 is 1.62. The number of nitrogen functional groups attached to an aromatic ring is 1. The van der Waals surface area contributed by atoms with Crippen molar-refractivity contribution in [2.75, 3.05) is 5.73 Å². The molecule has 90 valence electrons. The minimum Gasteiger partial charge on any atom is -0.382 e. The van der Waals surface area contributed by atoms with Gasteiger partial charge in [-0.25, -0.2) is 15.0 Å². The molecule has 0 aliphatic carbocycles. The van der Waals surface area contributed by atoms with E-state index in [4.69, 9.17) is 5.73 Å². The number of nitrogens with one attached hydrogen (secondary N) is 1. The van der Waals surface area contributed by atoms with E-state index in [1.54, 1.807) is 11.8 Å². The van der Waals surface area contributed by atoms with Gasteiger partial charge in [-0.2, -0.15) is 0 Å². The van der Waals surface area contributed by atoms with E-state index in [0.717, 1.165) is 10.9 Å². The minimum absolute atomic E-state index is 0.430. The molecule has 0 aliphatic rings. The summed E-state index contributed by atoms with van der Waals surface area (Å²) in [6, 6.07) is 10.2. The zero-order valence-electron chi connectivity index (χ0n) is 9.50. The summed E-state index contributed by atoms with van der Waals surface area (Å²) in [7, 11) is 0. The molecule has 3 rings (SSSR count). The van der Waals surface area contributed by atoms with E-state index in [1.807, 2.05) is 18.2 Å². The van der Waals surface area contributed by atoms with Gasteiger partial charge in [0.05, 0.1) is 0 Å². The molecular formula is C12H11N5S. The number of aromatic amines is 1. The first-order valence-electron chi connectivity index (χ1n) is 5.46.